The number of aromatic nitrogens is 4. The van der Waals surface area contributed by atoms with Crippen molar-refractivity contribution in [2.24, 2.45) is 0 Å². The molecule has 2 aromatic heterocycles. The minimum atomic E-state index is -0.0530. The number of amides is 1. The molecule has 3 rings (SSSR count). The monoisotopic (exact) mass is 409 g/mol. The summed E-state index contributed by atoms with van der Waals surface area (Å²) >= 11 is 1.40. The maximum atomic E-state index is 12.4. The Morgan fingerprint density at radius 3 is 2.48 bits per heavy atom. The van der Waals surface area contributed by atoms with E-state index in [4.69, 9.17) is 0 Å². The molecule has 0 aliphatic heterocycles. The van der Waals surface area contributed by atoms with E-state index >= 15 is 0 Å². The summed E-state index contributed by atoms with van der Waals surface area (Å²) < 4.78 is 2.06. The van der Waals surface area contributed by atoms with Crippen molar-refractivity contribution in [3.8, 4) is 11.4 Å². The summed E-state index contributed by atoms with van der Waals surface area (Å²) in [4.78, 5) is 16.5. The highest BCUT2D eigenvalue weighted by molar-refractivity contribution is 7.99. The van der Waals surface area contributed by atoms with Crippen LogP contribution in [0.4, 0.5) is 5.69 Å². The van der Waals surface area contributed by atoms with E-state index in [9.17, 15) is 4.79 Å². The van der Waals surface area contributed by atoms with Crippen LogP contribution in [0, 0.1) is 0 Å². The predicted octanol–water partition coefficient (Wildman–Crippen LogP) is 4.99. The van der Waals surface area contributed by atoms with Gasteiger partial charge in [0.05, 0.1) is 5.75 Å². The van der Waals surface area contributed by atoms with Gasteiger partial charge in [-0.25, -0.2) is 0 Å². The van der Waals surface area contributed by atoms with Crippen molar-refractivity contribution in [3.05, 3.63) is 54.4 Å². The summed E-state index contributed by atoms with van der Waals surface area (Å²) in [6.45, 7) is 7.29. The third-order valence-electron chi connectivity index (χ3n) is 4.81. The van der Waals surface area contributed by atoms with Gasteiger partial charge in [0.15, 0.2) is 11.0 Å². The minimum Gasteiger partial charge on any atom is -0.325 e. The highest BCUT2D eigenvalue weighted by atomic mass is 32.2. The summed E-state index contributed by atoms with van der Waals surface area (Å²) in [5.74, 6) is 1.56. The lowest BCUT2D eigenvalue weighted by atomic mass is 9.99. The van der Waals surface area contributed by atoms with Crippen LogP contribution in [0.5, 0.6) is 0 Å². The number of benzene rings is 1. The maximum Gasteiger partial charge on any atom is 0.234 e. The lowest BCUT2D eigenvalue weighted by Gasteiger charge is -2.11. The SMILES string of the molecule is CCCn1c(SCC(=O)Nc2ccc(C(C)CC)cc2)nnc1-c1ccncc1. The van der Waals surface area contributed by atoms with Gasteiger partial charge in [-0.3, -0.25) is 9.78 Å². The van der Waals surface area contributed by atoms with Crippen LogP contribution >= 0.6 is 11.8 Å². The maximum absolute atomic E-state index is 12.4. The zero-order valence-electron chi connectivity index (χ0n) is 17.1. The number of nitrogens with one attached hydrogen (secondary N) is 1. The van der Waals surface area contributed by atoms with Gasteiger partial charge in [-0.1, -0.05) is 44.7 Å². The van der Waals surface area contributed by atoms with Crippen molar-refractivity contribution in [3.63, 3.8) is 0 Å². The summed E-state index contributed by atoms with van der Waals surface area (Å²) in [6.07, 6.45) is 5.54. The molecule has 0 spiro atoms. The van der Waals surface area contributed by atoms with Crippen molar-refractivity contribution in [1.82, 2.24) is 19.7 Å². The molecule has 152 valence electrons. The fourth-order valence-corrected chi connectivity index (χ4v) is 3.76. The van der Waals surface area contributed by atoms with Gasteiger partial charge in [0.2, 0.25) is 5.91 Å². The molecule has 0 bridgehead atoms. The highest BCUT2D eigenvalue weighted by Gasteiger charge is 2.15. The molecule has 1 aromatic carbocycles. The van der Waals surface area contributed by atoms with Crippen molar-refractivity contribution < 1.29 is 4.79 Å². The van der Waals surface area contributed by atoms with Crippen LogP contribution < -0.4 is 5.32 Å². The Morgan fingerprint density at radius 1 is 1.10 bits per heavy atom. The molecule has 0 saturated carbocycles. The van der Waals surface area contributed by atoms with E-state index in [1.54, 1.807) is 12.4 Å². The molecule has 0 fully saturated rings. The molecule has 0 aliphatic rings. The van der Waals surface area contributed by atoms with Crippen molar-refractivity contribution in [2.45, 2.75) is 51.2 Å². The first-order chi connectivity index (χ1) is 14.1. The second-order valence-electron chi connectivity index (χ2n) is 6.96. The van der Waals surface area contributed by atoms with E-state index in [2.05, 4.69) is 58.0 Å². The van der Waals surface area contributed by atoms with E-state index in [-0.39, 0.29) is 11.7 Å². The van der Waals surface area contributed by atoms with Crippen molar-refractivity contribution >= 4 is 23.4 Å². The standard InChI is InChI=1S/C22H27N5OS/c1-4-14-27-21(18-10-12-23-13-11-18)25-26-22(27)29-15-20(28)24-19-8-6-17(7-9-19)16(3)5-2/h6-13,16H,4-5,14-15H2,1-3H3,(H,24,28). The molecule has 6 nitrogen and oxygen atoms in total. The molecule has 1 N–H and O–H groups in total. The Morgan fingerprint density at radius 2 is 1.83 bits per heavy atom. The number of pyridine rings is 1. The molecular weight excluding hydrogens is 382 g/mol. The number of hydrogen-bond acceptors (Lipinski definition) is 5. The first-order valence-corrected chi connectivity index (χ1v) is 11.0. The van der Waals surface area contributed by atoms with Crippen LogP contribution in [0.3, 0.4) is 0 Å². The van der Waals surface area contributed by atoms with Crippen LogP contribution in [0.15, 0.2) is 53.9 Å². The Balaban J connectivity index is 1.63. The Hall–Kier alpha value is -2.67. The summed E-state index contributed by atoms with van der Waals surface area (Å²) in [5, 5.41) is 12.4. The largest absolute Gasteiger partial charge is 0.325 e. The lowest BCUT2D eigenvalue weighted by molar-refractivity contribution is -0.113. The van der Waals surface area contributed by atoms with Crippen LogP contribution in [-0.4, -0.2) is 31.4 Å². The molecule has 3 aromatic rings. The summed E-state index contributed by atoms with van der Waals surface area (Å²) in [7, 11) is 0. The quantitative estimate of drug-likeness (QED) is 0.504. The van der Waals surface area contributed by atoms with Crippen LogP contribution in [0.2, 0.25) is 0 Å². The van der Waals surface area contributed by atoms with Crippen molar-refractivity contribution in [2.75, 3.05) is 11.1 Å². The second kappa shape index (κ2) is 10.2. The highest BCUT2D eigenvalue weighted by Crippen LogP contribution is 2.25. The Labute approximate surface area is 176 Å². The van der Waals surface area contributed by atoms with Crippen LogP contribution in [-0.2, 0) is 11.3 Å². The number of carbonyl (C=O) groups excluding carboxylic acids is 1. The predicted molar refractivity (Wildman–Crippen MR) is 118 cm³/mol. The molecular formula is C22H27N5OS. The number of nitrogens with zero attached hydrogens (tertiary/aromatic N) is 4. The van der Waals surface area contributed by atoms with Gasteiger partial charge in [0.25, 0.3) is 0 Å². The number of carbonyl (C=O) groups is 1. The van der Waals surface area contributed by atoms with Gasteiger partial charge in [-0.05, 0) is 48.6 Å². The number of rotatable bonds is 9. The first-order valence-electron chi connectivity index (χ1n) is 9.98. The van der Waals surface area contributed by atoms with E-state index < -0.39 is 0 Å². The summed E-state index contributed by atoms with van der Waals surface area (Å²) in [6, 6.07) is 11.9. The van der Waals surface area contributed by atoms with E-state index in [0.717, 1.165) is 41.6 Å². The topological polar surface area (TPSA) is 72.7 Å². The zero-order valence-corrected chi connectivity index (χ0v) is 17.9. The molecule has 29 heavy (non-hydrogen) atoms. The molecule has 1 unspecified atom stereocenters. The molecule has 0 radical (unpaired) electrons. The Bertz CT molecular complexity index is 924. The third kappa shape index (κ3) is 5.44. The van der Waals surface area contributed by atoms with E-state index in [0.29, 0.717) is 5.92 Å². The first kappa shape index (κ1) is 21.0. The average molecular weight is 410 g/mol. The van der Waals surface area contributed by atoms with Crippen LogP contribution in [0.1, 0.15) is 45.1 Å². The van der Waals surface area contributed by atoms with Gasteiger partial charge in [0.1, 0.15) is 0 Å². The molecule has 2 heterocycles. The normalized spacial score (nSPS) is 12.0. The fourth-order valence-electron chi connectivity index (χ4n) is 2.99. The van der Waals surface area contributed by atoms with Crippen LogP contribution in [0.25, 0.3) is 11.4 Å². The molecule has 7 heteroatoms. The van der Waals surface area contributed by atoms with Gasteiger partial charge in [-0.15, -0.1) is 10.2 Å². The Kier molecular flexibility index (Phi) is 7.41. The zero-order chi connectivity index (χ0) is 20.6. The minimum absolute atomic E-state index is 0.0530. The number of thioether (sulfide) groups is 1. The third-order valence-corrected chi connectivity index (χ3v) is 5.78. The van der Waals surface area contributed by atoms with Gasteiger partial charge >= 0.3 is 0 Å². The lowest BCUT2D eigenvalue weighted by Crippen LogP contribution is -2.14. The van der Waals surface area contributed by atoms with Gasteiger partial charge in [-0.2, -0.15) is 0 Å². The molecule has 0 saturated heterocycles. The van der Waals surface area contributed by atoms with Gasteiger partial charge < -0.3 is 9.88 Å². The number of hydrogen-bond donors (Lipinski definition) is 1. The fraction of sp³-hybridized carbons (Fsp3) is 0.364. The van der Waals surface area contributed by atoms with Gasteiger partial charge in [0, 0.05) is 30.2 Å². The smallest absolute Gasteiger partial charge is 0.234 e. The van der Waals surface area contributed by atoms with E-state index in [1.165, 1.54) is 17.3 Å². The molecule has 1 amide bonds. The van der Waals surface area contributed by atoms with E-state index in [1.807, 2.05) is 24.3 Å². The van der Waals surface area contributed by atoms with Crippen molar-refractivity contribution in [1.29, 1.82) is 0 Å². The second-order valence-corrected chi connectivity index (χ2v) is 7.90. The molecule has 0 aliphatic carbocycles. The average Bonchev–Trinajstić information content (AvgIpc) is 3.16. The summed E-state index contributed by atoms with van der Waals surface area (Å²) in [5.41, 5.74) is 3.07. The molecule has 1 atom stereocenters. The number of anilines is 1.